The normalized spacial score (nSPS) is 20.5. The van der Waals surface area contributed by atoms with Crippen molar-refractivity contribution < 1.29 is 19.4 Å². The average molecular weight is 334 g/mol. The molecule has 1 aromatic carbocycles. The van der Waals surface area contributed by atoms with Crippen molar-refractivity contribution in [1.82, 2.24) is 5.32 Å². The molecule has 3 N–H and O–H groups in total. The Kier molecular flexibility index (Phi) is 6.46. The largest absolute Gasteiger partial charge is 0.493 e. The number of ether oxygens (including phenoxy) is 1. The maximum absolute atomic E-state index is 12.1. The fourth-order valence-corrected chi connectivity index (χ4v) is 2.76. The van der Waals surface area contributed by atoms with E-state index in [2.05, 4.69) is 24.5 Å². The highest BCUT2D eigenvalue weighted by Gasteiger charge is 2.26. The third kappa shape index (κ3) is 5.76. The Morgan fingerprint density at radius 2 is 1.96 bits per heavy atom. The SMILES string of the molecule is CC(C)COc1cccc(NC(=O)NC2CCC(C(=O)O)CC2)c1. The zero-order valence-corrected chi connectivity index (χ0v) is 14.2. The lowest BCUT2D eigenvalue weighted by Gasteiger charge is -2.26. The zero-order chi connectivity index (χ0) is 17.5. The lowest BCUT2D eigenvalue weighted by molar-refractivity contribution is -0.142. The number of urea groups is 1. The van der Waals surface area contributed by atoms with Crippen molar-refractivity contribution >= 4 is 17.7 Å². The zero-order valence-electron chi connectivity index (χ0n) is 14.2. The van der Waals surface area contributed by atoms with E-state index in [1.807, 2.05) is 18.2 Å². The molecule has 0 spiro atoms. The minimum Gasteiger partial charge on any atom is -0.493 e. The Morgan fingerprint density at radius 1 is 1.25 bits per heavy atom. The van der Waals surface area contributed by atoms with E-state index in [0.29, 0.717) is 43.9 Å². The van der Waals surface area contributed by atoms with Crippen LogP contribution in [-0.4, -0.2) is 29.8 Å². The fourth-order valence-electron chi connectivity index (χ4n) is 2.76. The second-order valence-electron chi connectivity index (χ2n) is 6.72. The van der Waals surface area contributed by atoms with Crippen molar-refractivity contribution in [1.29, 1.82) is 0 Å². The van der Waals surface area contributed by atoms with E-state index in [0.717, 1.165) is 5.75 Å². The molecule has 1 saturated carbocycles. The van der Waals surface area contributed by atoms with Crippen LogP contribution in [0, 0.1) is 11.8 Å². The number of benzene rings is 1. The monoisotopic (exact) mass is 334 g/mol. The Balaban J connectivity index is 1.80. The average Bonchev–Trinajstić information content (AvgIpc) is 2.53. The summed E-state index contributed by atoms with van der Waals surface area (Å²) in [6.07, 6.45) is 2.61. The lowest BCUT2D eigenvalue weighted by atomic mass is 9.86. The predicted molar refractivity (Wildman–Crippen MR) is 92.3 cm³/mol. The molecule has 1 aliphatic rings. The smallest absolute Gasteiger partial charge is 0.319 e. The third-order valence-corrected chi connectivity index (χ3v) is 4.09. The molecular weight excluding hydrogens is 308 g/mol. The number of nitrogens with one attached hydrogen (secondary N) is 2. The van der Waals surface area contributed by atoms with E-state index < -0.39 is 5.97 Å². The molecule has 132 valence electrons. The van der Waals surface area contributed by atoms with Gasteiger partial charge in [0.2, 0.25) is 0 Å². The van der Waals surface area contributed by atoms with Crippen molar-refractivity contribution in [2.24, 2.45) is 11.8 Å². The van der Waals surface area contributed by atoms with Crippen molar-refractivity contribution in [2.75, 3.05) is 11.9 Å². The first-order valence-corrected chi connectivity index (χ1v) is 8.47. The van der Waals surface area contributed by atoms with Crippen LogP contribution in [0.25, 0.3) is 0 Å². The number of carboxylic acid groups (broad SMARTS) is 1. The molecule has 2 rings (SSSR count). The second-order valence-corrected chi connectivity index (χ2v) is 6.72. The van der Waals surface area contributed by atoms with Crippen LogP contribution in [-0.2, 0) is 4.79 Å². The number of rotatable bonds is 6. The molecule has 1 aliphatic carbocycles. The maximum atomic E-state index is 12.1. The summed E-state index contributed by atoms with van der Waals surface area (Å²) in [5, 5.41) is 14.7. The highest BCUT2D eigenvalue weighted by Crippen LogP contribution is 2.24. The number of hydrogen-bond acceptors (Lipinski definition) is 3. The van der Waals surface area contributed by atoms with Crippen LogP contribution in [0.1, 0.15) is 39.5 Å². The number of carbonyl (C=O) groups excluding carboxylic acids is 1. The van der Waals surface area contributed by atoms with Crippen LogP contribution in [0.3, 0.4) is 0 Å². The van der Waals surface area contributed by atoms with Gasteiger partial charge in [-0.15, -0.1) is 0 Å². The Bertz CT molecular complexity index is 566. The maximum Gasteiger partial charge on any atom is 0.319 e. The van der Waals surface area contributed by atoms with E-state index in [-0.39, 0.29) is 18.0 Å². The minimum absolute atomic E-state index is 0.0287. The van der Waals surface area contributed by atoms with Crippen molar-refractivity contribution in [3.63, 3.8) is 0 Å². The van der Waals surface area contributed by atoms with Gasteiger partial charge in [0.25, 0.3) is 0 Å². The second kappa shape index (κ2) is 8.57. The quantitative estimate of drug-likeness (QED) is 0.743. The first-order chi connectivity index (χ1) is 11.4. The number of hydrogen-bond donors (Lipinski definition) is 3. The standard InChI is InChI=1S/C18H26N2O4/c1-12(2)11-24-16-5-3-4-15(10-16)20-18(23)19-14-8-6-13(7-9-14)17(21)22/h3-5,10,12-14H,6-9,11H2,1-2H3,(H,21,22)(H2,19,20,23). The molecule has 0 radical (unpaired) electrons. The molecule has 2 amide bonds. The van der Waals surface area contributed by atoms with Crippen molar-refractivity contribution in [3.8, 4) is 5.75 Å². The summed E-state index contributed by atoms with van der Waals surface area (Å²) in [7, 11) is 0. The first kappa shape index (κ1) is 18.1. The summed E-state index contributed by atoms with van der Waals surface area (Å²) in [6.45, 7) is 4.78. The molecule has 0 atom stereocenters. The summed E-state index contributed by atoms with van der Waals surface area (Å²) >= 11 is 0. The molecule has 24 heavy (non-hydrogen) atoms. The summed E-state index contributed by atoms with van der Waals surface area (Å²) in [5.74, 6) is 0.145. The van der Waals surface area contributed by atoms with Gasteiger partial charge in [-0.2, -0.15) is 0 Å². The highest BCUT2D eigenvalue weighted by molar-refractivity contribution is 5.89. The molecule has 1 aromatic rings. The lowest BCUT2D eigenvalue weighted by Crippen LogP contribution is -2.40. The Labute approximate surface area is 142 Å². The summed E-state index contributed by atoms with van der Waals surface area (Å²) in [4.78, 5) is 23.0. The number of aliphatic carboxylic acids is 1. The molecule has 6 heteroatoms. The van der Waals surface area contributed by atoms with E-state index >= 15 is 0 Å². The van der Waals surface area contributed by atoms with E-state index in [1.165, 1.54) is 0 Å². The Morgan fingerprint density at radius 3 is 2.58 bits per heavy atom. The third-order valence-electron chi connectivity index (χ3n) is 4.09. The van der Waals surface area contributed by atoms with Gasteiger partial charge in [0.05, 0.1) is 12.5 Å². The summed E-state index contributed by atoms with van der Waals surface area (Å²) < 4.78 is 5.65. The predicted octanol–water partition coefficient (Wildman–Crippen LogP) is 3.49. The molecule has 0 aliphatic heterocycles. The van der Waals surface area contributed by atoms with Crippen LogP contribution in [0.5, 0.6) is 5.75 Å². The van der Waals surface area contributed by atoms with Crippen LogP contribution in [0.15, 0.2) is 24.3 Å². The fraction of sp³-hybridized carbons (Fsp3) is 0.556. The van der Waals surface area contributed by atoms with Crippen LogP contribution >= 0.6 is 0 Å². The van der Waals surface area contributed by atoms with E-state index in [4.69, 9.17) is 9.84 Å². The Hall–Kier alpha value is -2.24. The van der Waals surface area contributed by atoms with Crippen LogP contribution in [0.4, 0.5) is 10.5 Å². The molecule has 0 bridgehead atoms. The molecule has 0 saturated heterocycles. The van der Waals surface area contributed by atoms with Gasteiger partial charge in [-0.1, -0.05) is 19.9 Å². The van der Waals surface area contributed by atoms with Gasteiger partial charge in [0.15, 0.2) is 0 Å². The summed E-state index contributed by atoms with van der Waals surface area (Å²) in [6, 6.07) is 7.06. The summed E-state index contributed by atoms with van der Waals surface area (Å²) in [5.41, 5.74) is 0.674. The van der Waals surface area contributed by atoms with Crippen LogP contribution < -0.4 is 15.4 Å². The molecule has 0 heterocycles. The molecule has 0 unspecified atom stereocenters. The number of carbonyl (C=O) groups is 2. The minimum atomic E-state index is -0.740. The van der Waals surface area contributed by atoms with Gasteiger partial charge in [0.1, 0.15) is 5.75 Å². The van der Waals surface area contributed by atoms with Crippen molar-refractivity contribution in [3.05, 3.63) is 24.3 Å². The molecular formula is C18H26N2O4. The highest BCUT2D eigenvalue weighted by atomic mass is 16.5. The van der Waals surface area contributed by atoms with Gasteiger partial charge in [0, 0.05) is 17.8 Å². The molecule has 0 aromatic heterocycles. The van der Waals surface area contributed by atoms with Gasteiger partial charge in [-0.25, -0.2) is 4.79 Å². The number of amides is 2. The van der Waals surface area contributed by atoms with Gasteiger partial charge < -0.3 is 20.5 Å². The van der Waals surface area contributed by atoms with Gasteiger partial charge in [-0.3, -0.25) is 4.79 Å². The molecule has 6 nitrogen and oxygen atoms in total. The van der Waals surface area contributed by atoms with Crippen molar-refractivity contribution in [2.45, 2.75) is 45.6 Å². The number of anilines is 1. The van der Waals surface area contributed by atoms with E-state index in [9.17, 15) is 9.59 Å². The van der Waals surface area contributed by atoms with E-state index in [1.54, 1.807) is 6.07 Å². The van der Waals surface area contributed by atoms with Crippen LogP contribution in [0.2, 0.25) is 0 Å². The first-order valence-electron chi connectivity index (χ1n) is 8.47. The molecule has 1 fully saturated rings. The van der Waals surface area contributed by atoms with Gasteiger partial charge >= 0.3 is 12.0 Å². The number of carboxylic acids is 1. The topological polar surface area (TPSA) is 87.7 Å². The van der Waals surface area contributed by atoms with Gasteiger partial charge in [-0.05, 0) is 43.7 Å².